The maximum atomic E-state index is 10.8. The summed E-state index contributed by atoms with van der Waals surface area (Å²) in [6.07, 6.45) is 2.70. The van der Waals surface area contributed by atoms with Gasteiger partial charge < -0.3 is 14.8 Å². The third-order valence-corrected chi connectivity index (χ3v) is 6.44. The van der Waals surface area contributed by atoms with Gasteiger partial charge in [-0.1, -0.05) is 48.5 Å². The first-order valence-electron chi connectivity index (χ1n) is 11.4. The van der Waals surface area contributed by atoms with Gasteiger partial charge in [0.05, 0.1) is 11.5 Å². The van der Waals surface area contributed by atoms with Crippen molar-refractivity contribution < 1.29 is 14.4 Å². The molecule has 33 heavy (non-hydrogen) atoms. The Hall–Kier alpha value is -3.38. The first kappa shape index (κ1) is 22.8. The molecule has 3 aromatic carbocycles. The molecule has 1 fully saturated rings. The molecule has 3 aromatic rings. The van der Waals surface area contributed by atoms with Gasteiger partial charge in [0, 0.05) is 24.1 Å². The number of hydrogen-bond donors (Lipinski definition) is 1. The lowest BCUT2D eigenvalue weighted by molar-refractivity contribution is -0.384. The SMILES string of the molecule is Cc1ccccc1OC1CCNCC1(CCCOc1ccc([N+](=O)[O-])cc1)c1ccccc1. The van der Waals surface area contributed by atoms with Gasteiger partial charge in [0.25, 0.3) is 5.69 Å². The second-order valence-corrected chi connectivity index (χ2v) is 8.56. The monoisotopic (exact) mass is 446 g/mol. The van der Waals surface area contributed by atoms with Crippen LogP contribution in [0.1, 0.15) is 30.4 Å². The van der Waals surface area contributed by atoms with E-state index >= 15 is 0 Å². The van der Waals surface area contributed by atoms with Gasteiger partial charge in [-0.2, -0.15) is 0 Å². The predicted octanol–water partition coefficient (Wildman–Crippen LogP) is 5.44. The van der Waals surface area contributed by atoms with E-state index in [-0.39, 0.29) is 17.2 Å². The van der Waals surface area contributed by atoms with Crippen LogP contribution < -0.4 is 14.8 Å². The molecule has 6 heteroatoms. The highest BCUT2D eigenvalue weighted by molar-refractivity contribution is 5.36. The number of non-ortho nitro benzene ring substituents is 1. The summed E-state index contributed by atoms with van der Waals surface area (Å²) >= 11 is 0. The molecule has 0 aliphatic carbocycles. The van der Waals surface area contributed by atoms with Gasteiger partial charge in [-0.05, 0) is 62.1 Å². The molecule has 4 rings (SSSR count). The number of hydrogen-bond acceptors (Lipinski definition) is 5. The van der Waals surface area contributed by atoms with Crippen LogP contribution in [0.15, 0.2) is 78.9 Å². The van der Waals surface area contributed by atoms with Crippen molar-refractivity contribution in [1.29, 1.82) is 0 Å². The Balaban J connectivity index is 1.50. The number of nitrogens with zero attached hydrogens (tertiary/aromatic N) is 1. The van der Waals surface area contributed by atoms with Gasteiger partial charge in [0.15, 0.2) is 0 Å². The normalized spacial score (nSPS) is 20.2. The van der Waals surface area contributed by atoms with Gasteiger partial charge in [-0.25, -0.2) is 0 Å². The Labute approximate surface area is 194 Å². The lowest BCUT2D eigenvalue weighted by Gasteiger charge is -2.45. The number of nitro benzene ring substituents is 1. The third kappa shape index (κ3) is 5.34. The topological polar surface area (TPSA) is 73.6 Å². The van der Waals surface area contributed by atoms with Crippen molar-refractivity contribution in [2.45, 2.75) is 37.7 Å². The van der Waals surface area contributed by atoms with Crippen molar-refractivity contribution in [2.75, 3.05) is 19.7 Å². The van der Waals surface area contributed by atoms with E-state index < -0.39 is 4.92 Å². The van der Waals surface area contributed by atoms with Crippen LogP contribution in [-0.4, -0.2) is 30.7 Å². The number of nitro groups is 1. The smallest absolute Gasteiger partial charge is 0.269 e. The molecule has 1 heterocycles. The van der Waals surface area contributed by atoms with Crippen LogP contribution in [0.2, 0.25) is 0 Å². The maximum Gasteiger partial charge on any atom is 0.269 e. The zero-order valence-corrected chi connectivity index (χ0v) is 18.9. The number of rotatable bonds is 9. The Morgan fingerprint density at radius 1 is 1.03 bits per heavy atom. The summed E-state index contributed by atoms with van der Waals surface area (Å²) < 4.78 is 12.6. The van der Waals surface area contributed by atoms with E-state index in [0.29, 0.717) is 12.4 Å². The molecule has 1 aliphatic rings. The molecule has 0 amide bonds. The fourth-order valence-corrected chi connectivity index (χ4v) is 4.64. The van der Waals surface area contributed by atoms with Gasteiger partial charge in [-0.15, -0.1) is 0 Å². The first-order valence-corrected chi connectivity index (χ1v) is 11.4. The van der Waals surface area contributed by atoms with E-state index in [1.165, 1.54) is 17.7 Å². The molecule has 1 aliphatic heterocycles. The Morgan fingerprint density at radius 2 is 1.76 bits per heavy atom. The van der Waals surface area contributed by atoms with Crippen LogP contribution in [0, 0.1) is 17.0 Å². The zero-order chi connectivity index (χ0) is 23.1. The van der Waals surface area contributed by atoms with Crippen molar-refractivity contribution >= 4 is 5.69 Å². The minimum Gasteiger partial charge on any atom is -0.494 e. The molecule has 1 N–H and O–H groups in total. The average Bonchev–Trinajstić information content (AvgIpc) is 2.85. The number of para-hydroxylation sites is 1. The molecule has 0 radical (unpaired) electrons. The molecule has 1 saturated heterocycles. The van der Waals surface area contributed by atoms with Crippen molar-refractivity contribution in [3.63, 3.8) is 0 Å². The first-order chi connectivity index (χ1) is 16.1. The number of benzene rings is 3. The Morgan fingerprint density at radius 3 is 2.48 bits per heavy atom. The summed E-state index contributed by atoms with van der Waals surface area (Å²) in [6.45, 7) is 4.37. The highest BCUT2D eigenvalue weighted by atomic mass is 16.6. The second-order valence-electron chi connectivity index (χ2n) is 8.56. The van der Waals surface area contributed by atoms with Crippen LogP contribution in [0.4, 0.5) is 5.69 Å². The van der Waals surface area contributed by atoms with Crippen LogP contribution in [0.5, 0.6) is 11.5 Å². The Bertz CT molecular complexity index is 1060. The molecule has 2 atom stereocenters. The zero-order valence-electron chi connectivity index (χ0n) is 18.9. The van der Waals surface area contributed by atoms with E-state index in [1.54, 1.807) is 12.1 Å². The van der Waals surface area contributed by atoms with Crippen molar-refractivity contribution in [2.24, 2.45) is 0 Å². The molecule has 6 nitrogen and oxygen atoms in total. The maximum absolute atomic E-state index is 10.8. The number of ether oxygens (including phenoxy) is 2. The molecular weight excluding hydrogens is 416 g/mol. The average molecular weight is 447 g/mol. The van der Waals surface area contributed by atoms with E-state index in [2.05, 4.69) is 42.6 Å². The lowest BCUT2D eigenvalue weighted by Crippen LogP contribution is -2.55. The van der Waals surface area contributed by atoms with E-state index in [4.69, 9.17) is 9.47 Å². The van der Waals surface area contributed by atoms with Crippen LogP contribution in [-0.2, 0) is 5.41 Å². The summed E-state index contributed by atoms with van der Waals surface area (Å²) in [7, 11) is 0. The molecule has 0 spiro atoms. The van der Waals surface area contributed by atoms with Crippen molar-refractivity contribution in [3.8, 4) is 11.5 Å². The molecule has 0 aromatic heterocycles. The van der Waals surface area contributed by atoms with Gasteiger partial charge in [0.2, 0.25) is 0 Å². The Kier molecular flexibility index (Phi) is 7.25. The van der Waals surface area contributed by atoms with Gasteiger partial charge in [-0.3, -0.25) is 10.1 Å². The second kappa shape index (κ2) is 10.5. The summed E-state index contributed by atoms with van der Waals surface area (Å²) in [5.74, 6) is 1.58. The van der Waals surface area contributed by atoms with Crippen molar-refractivity contribution in [3.05, 3.63) is 100 Å². The van der Waals surface area contributed by atoms with E-state index in [0.717, 1.165) is 43.7 Å². The summed E-state index contributed by atoms with van der Waals surface area (Å²) in [4.78, 5) is 10.4. The van der Waals surface area contributed by atoms with Gasteiger partial charge in [0.1, 0.15) is 17.6 Å². The fourth-order valence-electron chi connectivity index (χ4n) is 4.64. The van der Waals surface area contributed by atoms with E-state index in [9.17, 15) is 10.1 Å². The highest BCUT2D eigenvalue weighted by Gasteiger charge is 2.43. The molecule has 0 bridgehead atoms. The quantitative estimate of drug-likeness (QED) is 0.269. The largest absolute Gasteiger partial charge is 0.494 e. The van der Waals surface area contributed by atoms with E-state index in [1.807, 2.05) is 24.3 Å². The van der Waals surface area contributed by atoms with Crippen molar-refractivity contribution in [1.82, 2.24) is 5.32 Å². The standard InChI is InChI=1S/C27H30N2O4/c1-21-8-5-6-11-25(21)33-26-16-18-28-20-27(26,22-9-3-2-4-10-22)17-7-19-32-24-14-12-23(13-15-24)29(30)31/h2-6,8-15,26,28H,7,16-20H2,1H3. The van der Waals surface area contributed by atoms with Crippen LogP contribution in [0.3, 0.4) is 0 Å². The fraction of sp³-hybridized carbons (Fsp3) is 0.333. The predicted molar refractivity (Wildman–Crippen MR) is 129 cm³/mol. The summed E-state index contributed by atoms with van der Waals surface area (Å²) in [6, 6.07) is 25.0. The summed E-state index contributed by atoms with van der Waals surface area (Å²) in [5.41, 5.74) is 2.29. The minimum absolute atomic E-state index is 0.0432. The third-order valence-electron chi connectivity index (χ3n) is 6.44. The summed E-state index contributed by atoms with van der Waals surface area (Å²) in [5, 5.41) is 14.4. The molecule has 0 saturated carbocycles. The molecule has 2 unspecified atom stereocenters. The minimum atomic E-state index is -0.405. The number of piperidine rings is 1. The number of aryl methyl sites for hydroxylation is 1. The van der Waals surface area contributed by atoms with Crippen LogP contribution in [0.25, 0.3) is 0 Å². The molecule has 172 valence electrons. The lowest BCUT2D eigenvalue weighted by atomic mass is 9.69. The molecular formula is C27H30N2O4. The van der Waals surface area contributed by atoms with Gasteiger partial charge >= 0.3 is 0 Å². The highest BCUT2D eigenvalue weighted by Crippen LogP contribution is 2.39. The van der Waals surface area contributed by atoms with Crippen LogP contribution >= 0.6 is 0 Å². The number of nitrogens with one attached hydrogen (secondary N) is 1.